The Kier molecular flexibility index (Phi) is 4.68. The summed E-state index contributed by atoms with van der Waals surface area (Å²) in [4.78, 5) is 22.4. The molecule has 6 heteroatoms. The quantitative estimate of drug-likeness (QED) is 0.649. The molecule has 1 aromatic carbocycles. The maximum atomic E-state index is 12.1. The summed E-state index contributed by atoms with van der Waals surface area (Å²) in [6.07, 6.45) is 1.89. The van der Waals surface area contributed by atoms with E-state index in [9.17, 15) is 14.9 Å². The smallest absolute Gasteiger partial charge is 0.269 e. The van der Waals surface area contributed by atoms with Crippen molar-refractivity contribution in [1.29, 1.82) is 0 Å². The molecule has 1 fully saturated rings. The van der Waals surface area contributed by atoms with E-state index in [0.717, 1.165) is 24.9 Å². The van der Waals surface area contributed by atoms with Gasteiger partial charge >= 0.3 is 0 Å². The van der Waals surface area contributed by atoms with Crippen molar-refractivity contribution in [2.45, 2.75) is 25.8 Å². The molecule has 1 aliphatic heterocycles. The minimum absolute atomic E-state index is 0.00935. The van der Waals surface area contributed by atoms with E-state index in [1.807, 2.05) is 6.92 Å². The van der Waals surface area contributed by atoms with Crippen LogP contribution in [0.2, 0.25) is 0 Å². The molecule has 2 rings (SSSR count). The summed E-state index contributed by atoms with van der Waals surface area (Å²) < 4.78 is 0. The number of hydrogen-bond acceptors (Lipinski definition) is 4. The van der Waals surface area contributed by atoms with E-state index in [-0.39, 0.29) is 23.6 Å². The lowest BCUT2D eigenvalue weighted by atomic mass is 9.98. The van der Waals surface area contributed by atoms with Crippen LogP contribution in [-0.2, 0) is 4.79 Å². The fraction of sp³-hybridized carbons (Fsp3) is 0.500. The number of nitro groups is 1. The average Bonchev–Trinajstić information content (AvgIpc) is 2.48. The van der Waals surface area contributed by atoms with Crippen molar-refractivity contribution >= 4 is 11.6 Å². The summed E-state index contributed by atoms with van der Waals surface area (Å²) in [7, 11) is 0. The minimum Gasteiger partial charge on any atom is -0.349 e. The van der Waals surface area contributed by atoms with Crippen molar-refractivity contribution in [1.82, 2.24) is 10.6 Å². The normalized spacial score (nSPS) is 20.1. The molecule has 108 valence electrons. The van der Waals surface area contributed by atoms with Crippen LogP contribution < -0.4 is 10.6 Å². The topological polar surface area (TPSA) is 84.3 Å². The SMILES string of the molecule is CC(NC(=O)C1CCCNC1)c1cccc([N+](=O)[O-])c1. The zero-order valence-electron chi connectivity index (χ0n) is 11.5. The van der Waals surface area contributed by atoms with Gasteiger partial charge in [0.2, 0.25) is 5.91 Å². The fourth-order valence-electron chi connectivity index (χ4n) is 2.40. The molecule has 1 heterocycles. The van der Waals surface area contributed by atoms with Gasteiger partial charge in [-0.3, -0.25) is 14.9 Å². The Morgan fingerprint density at radius 2 is 2.35 bits per heavy atom. The Morgan fingerprint density at radius 1 is 1.55 bits per heavy atom. The predicted octanol–water partition coefficient (Wildman–Crippen LogP) is 1.77. The number of amides is 1. The molecule has 0 aliphatic carbocycles. The van der Waals surface area contributed by atoms with Gasteiger partial charge in [-0.1, -0.05) is 12.1 Å². The predicted molar refractivity (Wildman–Crippen MR) is 75.2 cm³/mol. The Morgan fingerprint density at radius 3 is 3.00 bits per heavy atom. The highest BCUT2D eigenvalue weighted by Crippen LogP contribution is 2.20. The average molecular weight is 277 g/mol. The molecule has 1 aromatic rings. The first-order valence-corrected chi connectivity index (χ1v) is 6.83. The Hall–Kier alpha value is -1.95. The molecule has 0 aromatic heterocycles. The lowest BCUT2D eigenvalue weighted by molar-refractivity contribution is -0.384. The zero-order chi connectivity index (χ0) is 14.5. The number of nitrogens with one attached hydrogen (secondary N) is 2. The third kappa shape index (κ3) is 3.54. The van der Waals surface area contributed by atoms with E-state index < -0.39 is 4.92 Å². The minimum atomic E-state index is -0.427. The van der Waals surface area contributed by atoms with Crippen LogP contribution in [0.5, 0.6) is 0 Å². The van der Waals surface area contributed by atoms with Crippen LogP contribution in [-0.4, -0.2) is 23.9 Å². The van der Waals surface area contributed by atoms with Crippen molar-refractivity contribution < 1.29 is 9.72 Å². The van der Waals surface area contributed by atoms with E-state index >= 15 is 0 Å². The number of hydrogen-bond donors (Lipinski definition) is 2. The molecule has 1 saturated heterocycles. The molecular weight excluding hydrogens is 258 g/mol. The third-order valence-electron chi connectivity index (χ3n) is 3.61. The van der Waals surface area contributed by atoms with Crippen molar-refractivity contribution in [3.63, 3.8) is 0 Å². The van der Waals surface area contributed by atoms with E-state index in [4.69, 9.17) is 0 Å². The molecule has 0 saturated carbocycles. The van der Waals surface area contributed by atoms with E-state index in [0.29, 0.717) is 6.54 Å². The molecular formula is C14H19N3O3. The van der Waals surface area contributed by atoms with Crippen LogP contribution >= 0.6 is 0 Å². The first-order valence-electron chi connectivity index (χ1n) is 6.83. The van der Waals surface area contributed by atoms with Gasteiger partial charge in [0, 0.05) is 18.7 Å². The van der Waals surface area contributed by atoms with Gasteiger partial charge in [0.25, 0.3) is 5.69 Å². The summed E-state index contributed by atoms with van der Waals surface area (Å²) in [5.74, 6) is 0.00102. The standard InChI is InChI=1S/C14H19N3O3/c1-10(11-4-2-6-13(8-11)17(19)20)16-14(18)12-5-3-7-15-9-12/h2,4,6,8,10,12,15H,3,5,7,9H2,1H3,(H,16,18). The number of non-ortho nitro benzene ring substituents is 1. The highest BCUT2D eigenvalue weighted by molar-refractivity contribution is 5.79. The maximum absolute atomic E-state index is 12.1. The molecule has 20 heavy (non-hydrogen) atoms. The van der Waals surface area contributed by atoms with E-state index in [2.05, 4.69) is 10.6 Å². The number of rotatable bonds is 4. The van der Waals surface area contributed by atoms with Crippen molar-refractivity contribution in [2.75, 3.05) is 13.1 Å². The van der Waals surface area contributed by atoms with Crippen molar-refractivity contribution in [2.24, 2.45) is 5.92 Å². The van der Waals surface area contributed by atoms with Crippen LogP contribution in [0.25, 0.3) is 0 Å². The Labute approximate surface area is 117 Å². The number of carbonyl (C=O) groups is 1. The number of benzene rings is 1. The fourth-order valence-corrected chi connectivity index (χ4v) is 2.40. The monoisotopic (exact) mass is 277 g/mol. The van der Waals surface area contributed by atoms with Gasteiger partial charge < -0.3 is 10.6 Å². The van der Waals surface area contributed by atoms with Gasteiger partial charge in [0.05, 0.1) is 16.9 Å². The number of piperidine rings is 1. The Bertz CT molecular complexity index is 498. The first-order chi connectivity index (χ1) is 9.58. The lowest BCUT2D eigenvalue weighted by Crippen LogP contribution is -2.41. The second-order valence-electron chi connectivity index (χ2n) is 5.13. The maximum Gasteiger partial charge on any atom is 0.269 e. The largest absolute Gasteiger partial charge is 0.349 e. The van der Waals surface area contributed by atoms with Gasteiger partial charge in [-0.25, -0.2) is 0 Å². The highest BCUT2D eigenvalue weighted by atomic mass is 16.6. The molecule has 1 amide bonds. The number of nitro benzene ring substituents is 1. The van der Waals surface area contributed by atoms with E-state index in [1.165, 1.54) is 12.1 Å². The molecule has 1 aliphatic rings. The summed E-state index contributed by atoms with van der Waals surface area (Å²) in [6, 6.07) is 6.15. The molecule has 0 bridgehead atoms. The van der Waals surface area contributed by atoms with Gasteiger partial charge in [-0.2, -0.15) is 0 Å². The van der Waals surface area contributed by atoms with Crippen LogP contribution in [0.3, 0.4) is 0 Å². The summed E-state index contributed by atoms with van der Waals surface area (Å²) >= 11 is 0. The van der Waals surface area contributed by atoms with Crippen LogP contribution in [0, 0.1) is 16.0 Å². The van der Waals surface area contributed by atoms with Crippen LogP contribution in [0.1, 0.15) is 31.4 Å². The van der Waals surface area contributed by atoms with Crippen molar-refractivity contribution in [3.05, 3.63) is 39.9 Å². The molecule has 2 unspecified atom stereocenters. The molecule has 2 N–H and O–H groups in total. The first kappa shape index (κ1) is 14.5. The third-order valence-corrected chi connectivity index (χ3v) is 3.61. The van der Waals surface area contributed by atoms with Gasteiger partial charge in [0.15, 0.2) is 0 Å². The van der Waals surface area contributed by atoms with Gasteiger partial charge in [-0.05, 0) is 31.9 Å². The van der Waals surface area contributed by atoms with Crippen LogP contribution in [0.15, 0.2) is 24.3 Å². The zero-order valence-corrected chi connectivity index (χ0v) is 11.5. The Balaban J connectivity index is 2.00. The number of nitrogens with zero attached hydrogens (tertiary/aromatic N) is 1. The van der Waals surface area contributed by atoms with E-state index in [1.54, 1.807) is 12.1 Å². The van der Waals surface area contributed by atoms with Gasteiger partial charge in [-0.15, -0.1) is 0 Å². The summed E-state index contributed by atoms with van der Waals surface area (Å²) in [6.45, 7) is 3.50. The second kappa shape index (κ2) is 6.47. The summed E-state index contributed by atoms with van der Waals surface area (Å²) in [5, 5.41) is 16.9. The lowest BCUT2D eigenvalue weighted by Gasteiger charge is -2.24. The molecule has 0 radical (unpaired) electrons. The molecule has 0 spiro atoms. The second-order valence-corrected chi connectivity index (χ2v) is 5.13. The number of carbonyl (C=O) groups excluding carboxylic acids is 1. The highest BCUT2D eigenvalue weighted by Gasteiger charge is 2.22. The molecule has 6 nitrogen and oxygen atoms in total. The summed E-state index contributed by atoms with van der Waals surface area (Å²) in [5.41, 5.74) is 0.791. The van der Waals surface area contributed by atoms with Gasteiger partial charge in [0.1, 0.15) is 0 Å². The molecule has 2 atom stereocenters. The van der Waals surface area contributed by atoms with Crippen molar-refractivity contribution in [3.8, 4) is 0 Å². The van der Waals surface area contributed by atoms with Crippen LogP contribution in [0.4, 0.5) is 5.69 Å².